The van der Waals surface area contributed by atoms with Gasteiger partial charge in [-0.1, -0.05) is 90.5 Å². The normalized spacial score (nSPS) is 10.7. The Labute approximate surface area is 153 Å². The summed E-state index contributed by atoms with van der Waals surface area (Å²) in [5.74, 6) is 0.00559. The van der Waals surface area contributed by atoms with Crippen molar-refractivity contribution in [3.63, 3.8) is 0 Å². The standard InChI is InChI=1S/C24H19NO/c1-17-12-14-20(15-13-17)24(26)23-21(18-8-4-2-5-9-18)16-22(25-23)19-10-6-3-7-11-19/h2-16,25H,1H3. The molecule has 0 radical (unpaired) electrons. The van der Waals surface area contributed by atoms with Crippen molar-refractivity contribution in [2.75, 3.05) is 0 Å². The maximum atomic E-state index is 13.2. The van der Waals surface area contributed by atoms with Gasteiger partial charge in [0.25, 0.3) is 0 Å². The molecule has 1 aromatic heterocycles. The average Bonchev–Trinajstić information content (AvgIpc) is 3.15. The molecule has 26 heavy (non-hydrogen) atoms. The van der Waals surface area contributed by atoms with Crippen LogP contribution in [0.1, 0.15) is 21.6 Å². The molecule has 0 aliphatic heterocycles. The van der Waals surface area contributed by atoms with E-state index in [0.29, 0.717) is 11.3 Å². The van der Waals surface area contributed by atoms with Gasteiger partial charge >= 0.3 is 0 Å². The van der Waals surface area contributed by atoms with Gasteiger partial charge in [-0.25, -0.2) is 0 Å². The van der Waals surface area contributed by atoms with Crippen LogP contribution in [0.15, 0.2) is 91.0 Å². The number of nitrogens with one attached hydrogen (secondary N) is 1. The molecule has 0 fully saturated rings. The van der Waals surface area contributed by atoms with Crippen LogP contribution in [-0.4, -0.2) is 10.8 Å². The van der Waals surface area contributed by atoms with Crippen LogP contribution in [0.4, 0.5) is 0 Å². The molecule has 1 heterocycles. The highest BCUT2D eigenvalue weighted by Crippen LogP contribution is 2.31. The number of aromatic nitrogens is 1. The fourth-order valence-electron chi connectivity index (χ4n) is 3.10. The molecule has 2 nitrogen and oxygen atoms in total. The van der Waals surface area contributed by atoms with E-state index in [-0.39, 0.29) is 5.78 Å². The van der Waals surface area contributed by atoms with Crippen molar-refractivity contribution in [2.45, 2.75) is 6.92 Å². The summed E-state index contributed by atoms with van der Waals surface area (Å²) in [6.07, 6.45) is 0. The number of H-pyrrole nitrogens is 1. The van der Waals surface area contributed by atoms with Crippen molar-refractivity contribution in [3.05, 3.63) is 108 Å². The van der Waals surface area contributed by atoms with Crippen LogP contribution in [0.2, 0.25) is 0 Å². The third-order valence-electron chi connectivity index (χ3n) is 4.53. The van der Waals surface area contributed by atoms with Gasteiger partial charge in [-0.15, -0.1) is 0 Å². The summed E-state index contributed by atoms with van der Waals surface area (Å²) in [5.41, 5.74) is 6.42. The maximum absolute atomic E-state index is 13.2. The SMILES string of the molecule is Cc1ccc(C(=O)c2[nH]c(-c3ccccc3)cc2-c2ccccc2)cc1. The minimum Gasteiger partial charge on any atom is -0.351 e. The number of carbonyl (C=O) groups is 1. The Balaban J connectivity index is 1.85. The highest BCUT2D eigenvalue weighted by molar-refractivity contribution is 6.12. The quantitative estimate of drug-likeness (QED) is 0.463. The van der Waals surface area contributed by atoms with Gasteiger partial charge in [-0.3, -0.25) is 4.79 Å². The number of rotatable bonds is 4. The van der Waals surface area contributed by atoms with Gasteiger partial charge in [0.2, 0.25) is 5.78 Å². The lowest BCUT2D eigenvalue weighted by atomic mass is 9.99. The van der Waals surface area contributed by atoms with Gasteiger partial charge in [0.05, 0.1) is 5.69 Å². The molecular weight excluding hydrogens is 318 g/mol. The van der Waals surface area contributed by atoms with Crippen LogP contribution in [0.25, 0.3) is 22.4 Å². The van der Waals surface area contributed by atoms with Gasteiger partial charge < -0.3 is 4.98 Å². The molecule has 0 bridgehead atoms. The Morgan fingerprint density at radius 1 is 0.731 bits per heavy atom. The summed E-state index contributed by atoms with van der Waals surface area (Å²) in [6, 6.07) is 29.9. The fraction of sp³-hybridized carbons (Fsp3) is 0.0417. The number of carbonyl (C=O) groups excluding carboxylic acids is 1. The topological polar surface area (TPSA) is 32.9 Å². The van der Waals surface area contributed by atoms with E-state index in [1.165, 1.54) is 0 Å². The summed E-state index contributed by atoms with van der Waals surface area (Å²) in [5, 5.41) is 0. The van der Waals surface area contributed by atoms with Gasteiger partial charge in [0, 0.05) is 16.8 Å². The number of hydrogen-bond acceptors (Lipinski definition) is 1. The number of benzene rings is 3. The van der Waals surface area contributed by atoms with Crippen LogP contribution in [0.3, 0.4) is 0 Å². The second-order valence-electron chi connectivity index (χ2n) is 6.40. The average molecular weight is 337 g/mol. The molecule has 0 aliphatic rings. The van der Waals surface area contributed by atoms with Crippen LogP contribution in [0.5, 0.6) is 0 Å². The first-order chi connectivity index (χ1) is 12.7. The van der Waals surface area contributed by atoms with Gasteiger partial charge in [-0.05, 0) is 24.1 Å². The smallest absolute Gasteiger partial charge is 0.209 e. The Kier molecular flexibility index (Phi) is 4.24. The number of ketones is 1. The Hall–Kier alpha value is -3.39. The third-order valence-corrected chi connectivity index (χ3v) is 4.53. The molecule has 1 N–H and O–H groups in total. The van der Waals surface area contributed by atoms with E-state index < -0.39 is 0 Å². The minimum absolute atomic E-state index is 0.00559. The van der Waals surface area contributed by atoms with Crippen LogP contribution in [-0.2, 0) is 0 Å². The van der Waals surface area contributed by atoms with Crippen LogP contribution >= 0.6 is 0 Å². The van der Waals surface area contributed by atoms with E-state index in [0.717, 1.165) is 27.9 Å². The molecule has 0 saturated carbocycles. The zero-order chi connectivity index (χ0) is 17.9. The van der Waals surface area contributed by atoms with E-state index in [1.807, 2.05) is 91.9 Å². The molecule has 0 saturated heterocycles. The van der Waals surface area contributed by atoms with Crippen molar-refractivity contribution in [1.29, 1.82) is 0 Å². The first kappa shape index (κ1) is 16.1. The van der Waals surface area contributed by atoms with E-state index in [4.69, 9.17) is 0 Å². The Bertz CT molecular complexity index is 1030. The van der Waals surface area contributed by atoms with Gasteiger partial charge in [-0.2, -0.15) is 0 Å². The zero-order valence-electron chi connectivity index (χ0n) is 14.6. The molecule has 4 rings (SSSR count). The Morgan fingerprint density at radius 2 is 1.31 bits per heavy atom. The van der Waals surface area contributed by atoms with E-state index in [1.54, 1.807) is 0 Å². The summed E-state index contributed by atoms with van der Waals surface area (Å²) in [4.78, 5) is 16.5. The summed E-state index contributed by atoms with van der Waals surface area (Å²) in [7, 11) is 0. The van der Waals surface area contributed by atoms with E-state index >= 15 is 0 Å². The first-order valence-electron chi connectivity index (χ1n) is 8.67. The summed E-state index contributed by atoms with van der Waals surface area (Å²) < 4.78 is 0. The lowest BCUT2D eigenvalue weighted by Gasteiger charge is -2.04. The molecule has 0 atom stereocenters. The number of hydrogen-bond donors (Lipinski definition) is 1. The second-order valence-corrected chi connectivity index (χ2v) is 6.40. The summed E-state index contributed by atoms with van der Waals surface area (Å²) >= 11 is 0. The Morgan fingerprint density at radius 3 is 1.92 bits per heavy atom. The zero-order valence-corrected chi connectivity index (χ0v) is 14.6. The van der Waals surface area contributed by atoms with Crippen molar-refractivity contribution in [1.82, 2.24) is 4.98 Å². The molecule has 0 aliphatic carbocycles. The number of aryl methyl sites for hydroxylation is 1. The van der Waals surface area contributed by atoms with Crippen LogP contribution in [0, 0.1) is 6.92 Å². The third kappa shape index (κ3) is 3.09. The highest BCUT2D eigenvalue weighted by Gasteiger charge is 2.19. The van der Waals surface area contributed by atoms with Crippen molar-refractivity contribution < 1.29 is 4.79 Å². The first-order valence-corrected chi connectivity index (χ1v) is 8.67. The van der Waals surface area contributed by atoms with Crippen molar-refractivity contribution >= 4 is 5.78 Å². The lowest BCUT2D eigenvalue weighted by molar-refractivity contribution is 0.103. The lowest BCUT2D eigenvalue weighted by Crippen LogP contribution is -2.03. The molecule has 4 aromatic rings. The largest absolute Gasteiger partial charge is 0.351 e. The minimum atomic E-state index is 0.00559. The van der Waals surface area contributed by atoms with Crippen LogP contribution < -0.4 is 0 Å². The predicted molar refractivity (Wildman–Crippen MR) is 106 cm³/mol. The number of aromatic amines is 1. The molecule has 0 spiro atoms. The molecule has 3 aromatic carbocycles. The van der Waals surface area contributed by atoms with E-state index in [9.17, 15) is 4.79 Å². The summed E-state index contributed by atoms with van der Waals surface area (Å²) in [6.45, 7) is 2.02. The highest BCUT2D eigenvalue weighted by atomic mass is 16.1. The predicted octanol–water partition coefficient (Wildman–Crippen LogP) is 5.89. The molecule has 0 unspecified atom stereocenters. The molecular formula is C24H19NO. The molecule has 126 valence electrons. The fourth-order valence-corrected chi connectivity index (χ4v) is 3.10. The van der Waals surface area contributed by atoms with Crippen molar-refractivity contribution in [3.8, 4) is 22.4 Å². The second kappa shape index (κ2) is 6.85. The molecule has 2 heteroatoms. The molecule has 0 amide bonds. The monoisotopic (exact) mass is 337 g/mol. The van der Waals surface area contributed by atoms with Gasteiger partial charge in [0.1, 0.15) is 0 Å². The maximum Gasteiger partial charge on any atom is 0.209 e. The van der Waals surface area contributed by atoms with Crippen molar-refractivity contribution in [2.24, 2.45) is 0 Å². The van der Waals surface area contributed by atoms with Gasteiger partial charge in [0.15, 0.2) is 0 Å². The van der Waals surface area contributed by atoms with E-state index in [2.05, 4.69) is 11.1 Å².